The van der Waals surface area contributed by atoms with Crippen LogP contribution in [0.15, 0.2) is 64.5 Å². The maximum atomic E-state index is 12.1. The second-order valence-corrected chi connectivity index (χ2v) is 7.11. The number of hydrogen-bond acceptors (Lipinski definition) is 2. The molecule has 1 atom stereocenters. The summed E-state index contributed by atoms with van der Waals surface area (Å²) in [5.74, 6) is 1.24. The minimum atomic E-state index is -1.00. The molecule has 1 unspecified atom stereocenters. The van der Waals surface area contributed by atoms with Gasteiger partial charge in [0.1, 0.15) is 0 Å². The molecule has 2 rings (SSSR count). The maximum Gasteiger partial charge on any atom is 0.191 e. The van der Waals surface area contributed by atoms with Gasteiger partial charge in [0, 0.05) is 35.8 Å². The van der Waals surface area contributed by atoms with Crippen LogP contribution < -0.4 is 10.6 Å². The van der Waals surface area contributed by atoms with Crippen LogP contribution >= 0.6 is 35.6 Å². The molecule has 4 nitrogen and oxygen atoms in total. The molecule has 0 aromatic heterocycles. The second-order valence-electron chi connectivity index (χ2n) is 5.13. The van der Waals surface area contributed by atoms with Crippen molar-refractivity contribution in [1.82, 2.24) is 10.6 Å². The first-order chi connectivity index (χ1) is 11.7. The monoisotopic (exact) mass is 491 g/mol. The van der Waals surface area contributed by atoms with Gasteiger partial charge in [-0.2, -0.15) is 0 Å². The minimum absolute atomic E-state index is 0. The van der Waals surface area contributed by atoms with Gasteiger partial charge in [0.05, 0.1) is 10.8 Å². The van der Waals surface area contributed by atoms with Gasteiger partial charge < -0.3 is 10.6 Å². The molecule has 0 bridgehead atoms. The lowest BCUT2D eigenvalue weighted by Gasteiger charge is -2.12. The number of aliphatic imine (C=N–C) groups is 1. The molecule has 0 aliphatic heterocycles. The average molecular weight is 492 g/mol. The SMILES string of the molecule is CN=C(NCCc1ccccc1Cl)NCCS(=O)c1ccccc1.I. The number of halogens is 2. The fourth-order valence-electron chi connectivity index (χ4n) is 2.19. The molecule has 0 heterocycles. The Balaban J connectivity index is 0.00000312. The van der Waals surface area contributed by atoms with Gasteiger partial charge in [-0.3, -0.25) is 9.20 Å². The zero-order valence-corrected chi connectivity index (χ0v) is 18.0. The predicted molar refractivity (Wildman–Crippen MR) is 118 cm³/mol. The molecule has 2 N–H and O–H groups in total. The molecule has 0 spiro atoms. The van der Waals surface area contributed by atoms with Crippen molar-refractivity contribution >= 4 is 52.3 Å². The van der Waals surface area contributed by atoms with E-state index in [9.17, 15) is 4.21 Å². The summed E-state index contributed by atoms with van der Waals surface area (Å²) < 4.78 is 12.1. The second kappa shape index (κ2) is 12.3. The van der Waals surface area contributed by atoms with Gasteiger partial charge in [0.25, 0.3) is 0 Å². The highest BCUT2D eigenvalue weighted by Gasteiger charge is 2.04. The van der Waals surface area contributed by atoms with E-state index in [1.54, 1.807) is 7.05 Å². The lowest BCUT2D eigenvalue weighted by Crippen LogP contribution is -2.40. The van der Waals surface area contributed by atoms with E-state index in [-0.39, 0.29) is 24.0 Å². The highest BCUT2D eigenvalue weighted by Crippen LogP contribution is 2.14. The third-order valence-corrected chi connectivity index (χ3v) is 5.20. The number of nitrogens with one attached hydrogen (secondary N) is 2. The van der Waals surface area contributed by atoms with Crippen molar-refractivity contribution in [2.75, 3.05) is 25.9 Å². The number of hydrogen-bond donors (Lipinski definition) is 2. The normalized spacial score (nSPS) is 12.2. The molecule has 2 aromatic rings. The van der Waals surface area contributed by atoms with Gasteiger partial charge >= 0.3 is 0 Å². The Kier molecular flexibility index (Phi) is 10.8. The number of nitrogens with zero attached hydrogens (tertiary/aromatic N) is 1. The molecule has 0 aliphatic rings. The zero-order valence-electron chi connectivity index (χ0n) is 14.1. The van der Waals surface area contributed by atoms with Crippen molar-refractivity contribution in [2.24, 2.45) is 4.99 Å². The smallest absolute Gasteiger partial charge is 0.191 e. The number of guanidine groups is 1. The lowest BCUT2D eigenvalue weighted by molar-refractivity contribution is 0.681. The van der Waals surface area contributed by atoms with Crippen LogP contribution in [0.3, 0.4) is 0 Å². The van der Waals surface area contributed by atoms with Gasteiger partial charge in [-0.15, -0.1) is 24.0 Å². The fraction of sp³-hybridized carbons (Fsp3) is 0.278. The van der Waals surface area contributed by atoms with Crippen molar-refractivity contribution in [3.63, 3.8) is 0 Å². The molecular formula is C18H23ClIN3OS. The number of benzene rings is 2. The largest absolute Gasteiger partial charge is 0.356 e. The summed E-state index contributed by atoms with van der Waals surface area (Å²) in [5, 5.41) is 7.20. The van der Waals surface area contributed by atoms with Crippen LogP contribution in [0.4, 0.5) is 0 Å². The van der Waals surface area contributed by atoms with Crippen LogP contribution in [0.5, 0.6) is 0 Å². The Hall–Kier alpha value is -1.12. The van der Waals surface area contributed by atoms with E-state index < -0.39 is 10.8 Å². The van der Waals surface area contributed by atoms with Gasteiger partial charge in [-0.25, -0.2) is 0 Å². The van der Waals surface area contributed by atoms with Gasteiger partial charge in [-0.1, -0.05) is 48.0 Å². The molecule has 0 saturated heterocycles. The van der Waals surface area contributed by atoms with Crippen molar-refractivity contribution in [3.05, 3.63) is 65.2 Å². The summed E-state index contributed by atoms with van der Waals surface area (Å²) in [7, 11) is 0.718. The molecule has 2 aromatic carbocycles. The quantitative estimate of drug-likeness (QED) is 0.354. The molecule has 0 amide bonds. The van der Waals surface area contributed by atoms with Gasteiger partial charge in [0.15, 0.2) is 5.96 Å². The topological polar surface area (TPSA) is 53.5 Å². The molecule has 0 saturated carbocycles. The van der Waals surface area contributed by atoms with E-state index >= 15 is 0 Å². The first kappa shape index (κ1) is 21.9. The molecule has 0 radical (unpaired) electrons. The Morgan fingerprint density at radius 2 is 1.68 bits per heavy atom. The highest BCUT2D eigenvalue weighted by atomic mass is 127. The Labute approximate surface area is 173 Å². The summed E-state index contributed by atoms with van der Waals surface area (Å²) >= 11 is 6.14. The zero-order chi connectivity index (χ0) is 17.2. The molecule has 136 valence electrons. The van der Waals surface area contributed by atoms with E-state index in [4.69, 9.17) is 11.6 Å². The van der Waals surface area contributed by atoms with E-state index in [0.29, 0.717) is 18.3 Å². The summed E-state index contributed by atoms with van der Waals surface area (Å²) in [6.07, 6.45) is 0.816. The van der Waals surface area contributed by atoms with Crippen LogP contribution in [-0.2, 0) is 17.2 Å². The van der Waals surface area contributed by atoms with Crippen LogP contribution in [0.2, 0.25) is 5.02 Å². The van der Waals surface area contributed by atoms with Gasteiger partial charge in [0.2, 0.25) is 0 Å². The van der Waals surface area contributed by atoms with Crippen LogP contribution in [0, 0.1) is 0 Å². The van der Waals surface area contributed by atoms with Gasteiger partial charge in [-0.05, 0) is 30.2 Å². The standard InChI is InChI=1S/C18H22ClN3OS.HI/c1-20-18(21-12-11-15-7-5-6-10-17(15)19)22-13-14-24(23)16-8-3-2-4-9-16;/h2-10H,11-14H2,1H3,(H2,20,21,22);1H. The molecule has 0 aliphatic carbocycles. The van der Waals surface area contributed by atoms with E-state index in [0.717, 1.165) is 28.4 Å². The summed E-state index contributed by atoms with van der Waals surface area (Å²) in [5.41, 5.74) is 1.10. The van der Waals surface area contributed by atoms with Crippen molar-refractivity contribution in [3.8, 4) is 0 Å². The van der Waals surface area contributed by atoms with Crippen molar-refractivity contribution in [1.29, 1.82) is 0 Å². The molecule has 25 heavy (non-hydrogen) atoms. The summed E-state index contributed by atoms with van der Waals surface area (Å²) in [6, 6.07) is 17.3. The minimum Gasteiger partial charge on any atom is -0.356 e. The van der Waals surface area contributed by atoms with Crippen LogP contribution in [0.25, 0.3) is 0 Å². The number of rotatable bonds is 7. The van der Waals surface area contributed by atoms with Crippen molar-refractivity contribution < 1.29 is 4.21 Å². The Bertz CT molecular complexity index is 698. The van der Waals surface area contributed by atoms with E-state index in [1.807, 2.05) is 54.6 Å². The first-order valence-electron chi connectivity index (χ1n) is 7.82. The van der Waals surface area contributed by atoms with Crippen molar-refractivity contribution in [2.45, 2.75) is 11.3 Å². The summed E-state index contributed by atoms with van der Waals surface area (Å²) in [4.78, 5) is 5.02. The molecule has 7 heteroatoms. The third-order valence-electron chi connectivity index (χ3n) is 3.45. The predicted octanol–water partition coefficient (Wildman–Crippen LogP) is 3.47. The molecule has 0 fully saturated rings. The average Bonchev–Trinajstić information content (AvgIpc) is 2.62. The van der Waals surface area contributed by atoms with Crippen LogP contribution in [0.1, 0.15) is 5.56 Å². The first-order valence-corrected chi connectivity index (χ1v) is 9.51. The molecular weight excluding hydrogens is 469 g/mol. The Morgan fingerprint density at radius 1 is 1.04 bits per heavy atom. The van der Waals surface area contributed by atoms with E-state index in [1.165, 1.54) is 0 Å². The van der Waals surface area contributed by atoms with Crippen LogP contribution in [-0.4, -0.2) is 36.1 Å². The highest BCUT2D eigenvalue weighted by molar-refractivity contribution is 14.0. The Morgan fingerprint density at radius 3 is 2.36 bits per heavy atom. The third kappa shape index (κ3) is 7.75. The maximum absolute atomic E-state index is 12.1. The summed E-state index contributed by atoms with van der Waals surface area (Å²) in [6.45, 7) is 1.32. The lowest BCUT2D eigenvalue weighted by atomic mass is 10.1. The fourth-order valence-corrected chi connectivity index (χ4v) is 3.40. The van der Waals surface area contributed by atoms with E-state index in [2.05, 4.69) is 15.6 Å².